The number of aromatic nitrogens is 1. The molecular weight excluding hydrogens is 220 g/mol. The van der Waals surface area contributed by atoms with E-state index in [9.17, 15) is 0 Å². The number of nitrogens with zero attached hydrogens (tertiary/aromatic N) is 2. The van der Waals surface area contributed by atoms with Crippen molar-refractivity contribution in [3.05, 3.63) is 23.4 Å². The van der Waals surface area contributed by atoms with Crippen molar-refractivity contribution in [1.82, 2.24) is 4.98 Å². The molecule has 3 heteroatoms. The molecule has 2 rings (SSSR count). The maximum absolute atomic E-state index is 5.94. The molecule has 0 spiro atoms. The van der Waals surface area contributed by atoms with Crippen molar-refractivity contribution in [3.8, 4) is 0 Å². The predicted octanol–water partition coefficient (Wildman–Crippen LogP) is 3.54. The molecule has 1 aromatic heterocycles. The summed E-state index contributed by atoms with van der Waals surface area (Å²) in [6, 6.07) is 4.25. The van der Waals surface area contributed by atoms with Gasteiger partial charge in [0.05, 0.1) is 0 Å². The fourth-order valence-electron chi connectivity index (χ4n) is 2.08. The molecule has 16 heavy (non-hydrogen) atoms. The van der Waals surface area contributed by atoms with Crippen LogP contribution in [0, 0.1) is 0 Å². The average Bonchev–Trinajstić information content (AvgIpc) is 2.81. The molecule has 0 unspecified atom stereocenters. The molecule has 1 aliphatic heterocycles. The molecule has 0 N–H and O–H groups in total. The van der Waals surface area contributed by atoms with Crippen LogP contribution in [-0.2, 0) is 5.88 Å². The number of alkyl halides is 1. The highest BCUT2D eigenvalue weighted by Crippen LogP contribution is 2.23. The van der Waals surface area contributed by atoms with Crippen molar-refractivity contribution >= 4 is 17.4 Å². The maximum Gasteiger partial charge on any atom is 0.129 e. The quantitative estimate of drug-likeness (QED) is 0.749. The zero-order valence-corrected chi connectivity index (χ0v) is 10.8. The van der Waals surface area contributed by atoms with Gasteiger partial charge in [0.15, 0.2) is 0 Å². The van der Waals surface area contributed by atoms with E-state index in [0.29, 0.717) is 11.8 Å². The second-order valence-electron chi connectivity index (χ2n) is 4.74. The highest BCUT2D eigenvalue weighted by Gasteiger charge is 2.15. The normalized spacial score (nSPS) is 16.1. The fourth-order valence-corrected chi connectivity index (χ4v) is 2.23. The summed E-state index contributed by atoms with van der Waals surface area (Å²) in [7, 11) is 0. The molecule has 0 amide bonds. The lowest BCUT2D eigenvalue weighted by Gasteiger charge is -2.19. The largest absolute Gasteiger partial charge is 0.357 e. The lowest BCUT2D eigenvalue weighted by molar-refractivity contribution is 0.807. The summed E-state index contributed by atoms with van der Waals surface area (Å²) in [6.45, 7) is 6.62. The van der Waals surface area contributed by atoms with Gasteiger partial charge in [0.2, 0.25) is 0 Å². The SMILES string of the molecule is CC(C)c1cc(CCl)cc(N2CCCC2)n1. The molecular formula is C13H19ClN2. The van der Waals surface area contributed by atoms with Crippen LogP contribution < -0.4 is 4.90 Å². The Kier molecular flexibility index (Phi) is 3.70. The summed E-state index contributed by atoms with van der Waals surface area (Å²) in [5, 5.41) is 0. The summed E-state index contributed by atoms with van der Waals surface area (Å²) < 4.78 is 0. The summed E-state index contributed by atoms with van der Waals surface area (Å²) in [5.41, 5.74) is 2.34. The van der Waals surface area contributed by atoms with Gasteiger partial charge in [0.25, 0.3) is 0 Å². The second-order valence-corrected chi connectivity index (χ2v) is 5.01. The van der Waals surface area contributed by atoms with E-state index in [0.717, 1.165) is 24.6 Å². The molecule has 0 atom stereocenters. The van der Waals surface area contributed by atoms with Crippen LogP contribution in [-0.4, -0.2) is 18.1 Å². The van der Waals surface area contributed by atoms with Crippen LogP contribution in [0.1, 0.15) is 43.9 Å². The minimum Gasteiger partial charge on any atom is -0.357 e. The molecule has 1 aliphatic rings. The molecule has 2 heterocycles. The third-order valence-corrected chi connectivity index (χ3v) is 3.38. The third kappa shape index (κ3) is 2.49. The minimum atomic E-state index is 0.463. The van der Waals surface area contributed by atoms with Crippen LogP contribution >= 0.6 is 11.6 Å². The molecule has 88 valence electrons. The first-order chi connectivity index (χ1) is 7.70. The fraction of sp³-hybridized carbons (Fsp3) is 0.615. The number of anilines is 1. The van der Waals surface area contributed by atoms with Gasteiger partial charge in [-0.3, -0.25) is 0 Å². The van der Waals surface area contributed by atoms with Gasteiger partial charge in [-0.2, -0.15) is 0 Å². The number of halogens is 1. The van der Waals surface area contributed by atoms with E-state index in [2.05, 4.69) is 30.9 Å². The van der Waals surface area contributed by atoms with Gasteiger partial charge in [-0.25, -0.2) is 4.98 Å². The van der Waals surface area contributed by atoms with Crippen molar-refractivity contribution in [1.29, 1.82) is 0 Å². The molecule has 0 aliphatic carbocycles. The molecule has 2 nitrogen and oxygen atoms in total. The Hall–Kier alpha value is -0.760. The molecule has 0 bridgehead atoms. The lowest BCUT2D eigenvalue weighted by atomic mass is 10.1. The summed E-state index contributed by atoms with van der Waals surface area (Å²) >= 11 is 5.94. The standard InChI is InChI=1S/C13H19ClN2/c1-10(2)12-7-11(9-14)8-13(15-12)16-5-3-4-6-16/h7-8,10H,3-6,9H2,1-2H3. The van der Waals surface area contributed by atoms with E-state index in [4.69, 9.17) is 16.6 Å². The van der Waals surface area contributed by atoms with Crippen molar-refractivity contribution in [3.63, 3.8) is 0 Å². The van der Waals surface area contributed by atoms with Gasteiger partial charge < -0.3 is 4.90 Å². The Balaban J connectivity index is 2.32. The van der Waals surface area contributed by atoms with Gasteiger partial charge in [-0.05, 0) is 36.5 Å². The van der Waals surface area contributed by atoms with E-state index < -0.39 is 0 Å². The Morgan fingerprint density at radius 2 is 2.00 bits per heavy atom. The summed E-state index contributed by atoms with van der Waals surface area (Å²) in [5.74, 6) is 2.15. The van der Waals surface area contributed by atoms with E-state index in [1.165, 1.54) is 18.4 Å². The Bertz CT molecular complexity index is 357. The van der Waals surface area contributed by atoms with Crippen molar-refractivity contribution in [2.24, 2.45) is 0 Å². The molecule has 0 saturated carbocycles. The van der Waals surface area contributed by atoms with Crippen LogP contribution in [0.3, 0.4) is 0 Å². The van der Waals surface area contributed by atoms with Gasteiger partial charge >= 0.3 is 0 Å². The zero-order valence-electron chi connectivity index (χ0n) is 10.0. The minimum absolute atomic E-state index is 0.463. The molecule has 0 radical (unpaired) electrons. The average molecular weight is 239 g/mol. The predicted molar refractivity (Wildman–Crippen MR) is 69.3 cm³/mol. The van der Waals surface area contributed by atoms with Crippen molar-refractivity contribution < 1.29 is 0 Å². The first kappa shape index (κ1) is 11.7. The van der Waals surface area contributed by atoms with Crippen LogP contribution in [0.4, 0.5) is 5.82 Å². The number of rotatable bonds is 3. The second kappa shape index (κ2) is 5.05. The van der Waals surface area contributed by atoms with Crippen molar-refractivity contribution in [2.75, 3.05) is 18.0 Å². The highest BCUT2D eigenvalue weighted by molar-refractivity contribution is 6.17. The lowest BCUT2D eigenvalue weighted by Crippen LogP contribution is -2.19. The van der Waals surface area contributed by atoms with Crippen LogP contribution in [0.5, 0.6) is 0 Å². The highest BCUT2D eigenvalue weighted by atomic mass is 35.5. The number of hydrogen-bond acceptors (Lipinski definition) is 2. The van der Waals surface area contributed by atoms with E-state index >= 15 is 0 Å². The Morgan fingerprint density at radius 1 is 1.31 bits per heavy atom. The van der Waals surface area contributed by atoms with Gasteiger partial charge in [-0.1, -0.05) is 13.8 Å². The topological polar surface area (TPSA) is 16.1 Å². The smallest absolute Gasteiger partial charge is 0.129 e. The zero-order chi connectivity index (χ0) is 11.5. The van der Waals surface area contributed by atoms with E-state index in [1.807, 2.05) is 0 Å². The molecule has 1 saturated heterocycles. The van der Waals surface area contributed by atoms with Crippen molar-refractivity contribution in [2.45, 2.75) is 38.5 Å². The summed E-state index contributed by atoms with van der Waals surface area (Å²) in [6.07, 6.45) is 2.56. The molecule has 1 fully saturated rings. The number of pyridine rings is 1. The molecule has 1 aromatic rings. The van der Waals surface area contributed by atoms with Crippen LogP contribution in [0.25, 0.3) is 0 Å². The number of hydrogen-bond donors (Lipinski definition) is 0. The third-order valence-electron chi connectivity index (χ3n) is 3.07. The van der Waals surface area contributed by atoms with Gasteiger partial charge in [0, 0.05) is 24.7 Å². The molecule has 0 aromatic carbocycles. The van der Waals surface area contributed by atoms with Crippen LogP contribution in [0.15, 0.2) is 12.1 Å². The van der Waals surface area contributed by atoms with E-state index in [1.54, 1.807) is 0 Å². The monoisotopic (exact) mass is 238 g/mol. The summed E-state index contributed by atoms with van der Waals surface area (Å²) in [4.78, 5) is 7.09. The maximum atomic E-state index is 5.94. The van der Waals surface area contributed by atoms with Crippen LogP contribution in [0.2, 0.25) is 0 Å². The first-order valence-corrected chi connectivity index (χ1v) is 6.56. The Morgan fingerprint density at radius 3 is 2.56 bits per heavy atom. The first-order valence-electron chi connectivity index (χ1n) is 6.02. The van der Waals surface area contributed by atoms with Gasteiger partial charge in [-0.15, -0.1) is 11.6 Å². The Labute approximate surface area is 103 Å². The van der Waals surface area contributed by atoms with Gasteiger partial charge in [0.1, 0.15) is 5.82 Å². The van der Waals surface area contributed by atoms with E-state index in [-0.39, 0.29) is 0 Å².